The van der Waals surface area contributed by atoms with Gasteiger partial charge in [-0.25, -0.2) is 0 Å². The van der Waals surface area contributed by atoms with Crippen LogP contribution in [0.2, 0.25) is 0 Å². The summed E-state index contributed by atoms with van der Waals surface area (Å²) in [5.41, 5.74) is 5.75. The molecular formula is C8H15NO2. The van der Waals surface area contributed by atoms with Gasteiger partial charge in [-0.1, -0.05) is 6.42 Å². The lowest BCUT2D eigenvalue weighted by molar-refractivity contribution is -0.148. The Bertz CT molecular complexity index is 147. The van der Waals surface area contributed by atoms with Crippen LogP contribution in [0.1, 0.15) is 32.6 Å². The van der Waals surface area contributed by atoms with E-state index >= 15 is 0 Å². The van der Waals surface area contributed by atoms with E-state index < -0.39 is 0 Å². The van der Waals surface area contributed by atoms with Crippen LogP contribution in [0.15, 0.2) is 0 Å². The van der Waals surface area contributed by atoms with Gasteiger partial charge in [0, 0.05) is 13.0 Å². The van der Waals surface area contributed by atoms with Crippen LogP contribution in [0.25, 0.3) is 0 Å². The summed E-state index contributed by atoms with van der Waals surface area (Å²) in [5, 5.41) is 0. The van der Waals surface area contributed by atoms with Crippen LogP contribution in [-0.4, -0.2) is 18.1 Å². The molecule has 1 saturated carbocycles. The quantitative estimate of drug-likeness (QED) is 0.573. The first-order valence-corrected chi connectivity index (χ1v) is 4.13. The first-order valence-electron chi connectivity index (χ1n) is 4.13. The minimum absolute atomic E-state index is 0.0266. The van der Waals surface area contributed by atoms with Crippen LogP contribution in [0.3, 0.4) is 0 Å². The minimum Gasteiger partial charge on any atom is -0.461 e. The molecule has 2 N–H and O–H groups in total. The standard InChI is InChI=1S/C8H15NO2/c1-6(10)11-8-5-3-2-4-7(8)9/h7-8H,2-5,9H2,1H3/t7-,8?/m1/s1. The topological polar surface area (TPSA) is 52.3 Å². The van der Waals surface area contributed by atoms with Crippen LogP contribution in [0.5, 0.6) is 0 Å². The molecule has 3 heteroatoms. The number of carbonyl (C=O) groups excluding carboxylic acids is 1. The van der Waals surface area contributed by atoms with Crippen molar-refractivity contribution in [3.05, 3.63) is 0 Å². The second-order valence-corrected chi connectivity index (χ2v) is 3.10. The molecule has 0 aromatic carbocycles. The number of hydrogen-bond donors (Lipinski definition) is 1. The summed E-state index contributed by atoms with van der Waals surface area (Å²) in [7, 11) is 0. The molecule has 0 amide bonds. The lowest BCUT2D eigenvalue weighted by Crippen LogP contribution is -2.40. The van der Waals surface area contributed by atoms with E-state index in [1.807, 2.05) is 0 Å². The highest BCUT2D eigenvalue weighted by atomic mass is 16.5. The smallest absolute Gasteiger partial charge is 0.302 e. The molecule has 0 aliphatic heterocycles. The molecule has 11 heavy (non-hydrogen) atoms. The minimum atomic E-state index is -0.215. The molecule has 0 spiro atoms. The normalized spacial score (nSPS) is 31.5. The zero-order valence-electron chi connectivity index (χ0n) is 6.88. The van der Waals surface area contributed by atoms with Crippen LogP contribution < -0.4 is 5.73 Å². The summed E-state index contributed by atoms with van der Waals surface area (Å²) in [6, 6.07) is 0.0626. The fourth-order valence-corrected chi connectivity index (χ4v) is 1.49. The number of hydrogen-bond acceptors (Lipinski definition) is 3. The maximum Gasteiger partial charge on any atom is 0.302 e. The Labute approximate surface area is 66.9 Å². The van der Waals surface area contributed by atoms with E-state index in [4.69, 9.17) is 10.5 Å². The van der Waals surface area contributed by atoms with E-state index in [9.17, 15) is 4.79 Å². The lowest BCUT2D eigenvalue weighted by atomic mass is 9.93. The molecule has 1 rings (SSSR count). The van der Waals surface area contributed by atoms with Gasteiger partial charge < -0.3 is 10.5 Å². The van der Waals surface area contributed by atoms with E-state index in [0.717, 1.165) is 19.3 Å². The SMILES string of the molecule is CC(=O)OC1CCCC[C@H]1N. The Balaban J connectivity index is 2.35. The molecule has 1 aliphatic rings. The summed E-state index contributed by atoms with van der Waals surface area (Å²) in [6.07, 6.45) is 4.18. The maximum atomic E-state index is 10.6. The molecule has 1 unspecified atom stereocenters. The second-order valence-electron chi connectivity index (χ2n) is 3.10. The lowest BCUT2D eigenvalue weighted by Gasteiger charge is -2.27. The molecule has 0 radical (unpaired) electrons. The van der Waals surface area contributed by atoms with Crippen molar-refractivity contribution in [1.29, 1.82) is 0 Å². The monoisotopic (exact) mass is 157 g/mol. The molecule has 0 aromatic heterocycles. The van der Waals surface area contributed by atoms with E-state index in [2.05, 4.69) is 0 Å². The molecule has 2 atom stereocenters. The average Bonchev–Trinajstić information content (AvgIpc) is 1.93. The molecule has 0 heterocycles. The molecular weight excluding hydrogens is 142 g/mol. The van der Waals surface area contributed by atoms with Gasteiger partial charge in [-0.05, 0) is 19.3 Å². The van der Waals surface area contributed by atoms with Crippen molar-refractivity contribution in [3.8, 4) is 0 Å². The number of ether oxygens (including phenoxy) is 1. The summed E-state index contributed by atoms with van der Waals surface area (Å²) in [5.74, 6) is -0.215. The van der Waals surface area contributed by atoms with E-state index in [0.29, 0.717) is 0 Å². The molecule has 0 bridgehead atoms. The Morgan fingerprint density at radius 2 is 2.09 bits per heavy atom. The summed E-state index contributed by atoms with van der Waals surface area (Å²) >= 11 is 0. The predicted molar refractivity (Wildman–Crippen MR) is 42.0 cm³/mol. The van der Waals surface area contributed by atoms with Gasteiger partial charge in [0.2, 0.25) is 0 Å². The number of esters is 1. The van der Waals surface area contributed by atoms with Crippen molar-refractivity contribution in [2.24, 2.45) is 5.73 Å². The molecule has 0 saturated heterocycles. The zero-order valence-corrected chi connectivity index (χ0v) is 6.88. The van der Waals surface area contributed by atoms with Gasteiger partial charge in [-0.15, -0.1) is 0 Å². The Morgan fingerprint density at radius 3 is 2.64 bits per heavy atom. The van der Waals surface area contributed by atoms with Gasteiger partial charge >= 0.3 is 5.97 Å². The van der Waals surface area contributed by atoms with Gasteiger partial charge in [-0.2, -0.15) is 0 Å². The zero-order chi connectivity index (χ0) is 8.27. The third-order valence-electron chi connectivity index (χ3n) is 2.07. The molecule has 1 aliphatic carbocycles. The van der Waals surface area contributed by atoms with Gasteiger partial charge in [0.25, 0.3) is 0 Å². The van der Waals surface area contributed by atoms with Gasteiger partial charge in [0.1, 0.15) is 6.10 Å². The summed E-state index contributed by atoms with van der Waals surface area (Å²) in [6.45, 7) is 1.43. The Hall–Kier alpha value is -0.570. The van der Waals surface area contributed by atoms with Crippen molar-refractivity contribution in [2.75, 3.05) is 0 Å². The van der Waals surface area contributed by atoms with Crippen LogP contribution >= 0.6 is 0 Å². The van der Waals surface area contributed by atoms with Crippen molar-refractivity contribution in [2.45, 2.75) is 44.8 Å². The molecule has 3 nitrogen and oxygen atoms in total. The Morgan fingerprint density at radius 1 is 1.45 bits per heavy atom. The summed E-state index contributed by atoms with van der Waals surface area (Å²) in [4.78, 5) is 10.6. The third-order valence-corrected chi connectivity index (χ3v) is 2.07. The predicted octanol–water partition coefficient (Wildman–Crippen LogP) is 0.819. The van der Waals surface area contributed by atoms with E-state index in [1.54, 1.807) is 0 Å². The highest BCUT2D eigenvalue weighted by Gasteiger charge is 2.23. The van der Waals surface area contributed by atoms with Crippen LogP contribution in [0, 0.1) is 0 Å². The molecule has 0 aromatic rings. The number of nitrogens with two attached hydrogens (primary N) is 1. The largest absolute Gasteiger partial charge is 0.461 e. The van der Waals surface area contributed by atoms with Crippen molar-refractivity contribution < 1.29 is 9.53 Å². The number of rotatable bonds is 1. The van der Waals surface area contributed by atoms with E-state index in [1.165, 1.54) is 13.3 Å². The van der Waals surface area contributed by atoms with Crippen molar-refractivity contribution in [1.82, 2.24) is 0 Å². The van der Waals surface area contributed by atoms with Gasteiger partial charge in [-0.3, -0.25) is 4.79 Å². The summed E-state index contributed by atoms with van der Waals surface area (Å²) < 4.78 is 5.04. The van der Waals surface area contributed by atoms with Crippen molar-refractivity contribution >= 4 is 5.97 Å². The highest BCUT2D eigenvalue weighted by Crippen LogP contribution is 2.19. The maximum absolute atomic E-state index is 10.6. The highest BCUT2D eigenvalue weighted by molar-refractivity contribution is 5.66. The first-order chi connectivity index (χ1) is 5.20. The van der Waals surface area contributed by atoms with E-state index in [-0.39, 0.29) is 18.1 Å². The third kappa shape index (κ3) is 2.50. The average molecular weight is 157 g/mol. The fraction of sp³-hybridized carbons (Fsp3) is 0.875. The van der Waals surface area contributed by atoms with Crippen LogP contribution in [0.4, 0.5) is 0 Å². The van der Waals surface area contributed by atoms with Crippen LogP contribution in [-0.2, 0) is 9.53 Å². The molecule has 1 fully saturated rings. The van der Waals surface area contributed by atoms with Gasteiger partial charge in [0.15, 0.2) is 0 Å². The Kier molecular flexibility index (Phi) is 2.88. The van der Waals surface area contributed by atoms with Gasteiger partial charge in [0.05, 0.1) is 0 Å². The number of carbonyl (C=O) groups is 1. The first kappa shape index (κ1) is 8.53. The fourth-order valence-electron chi connectivity index (χ4n) is 1.49. The second kappa shape index (κ2) is 3.72. The molecule has 64 valence electrons. The van der Waals surface area contributed by atoms with Crippen molar-refractivity contribution in [3.63, 3.8) is 0 Å².